The summed E-state index contributed by atoms with van der Waals surface area (Å²) in [7, 11) is 0. The third kappa shape index (κ3) is 3.87. The van der Waals surface area contributed by atoms with Gasteiger partial charge in [-0.15, -0.1) is 0 Å². The first-order chi connectivity index (χ1) is 16.1. The Morgan fingerprint density at radius 1 is 1.03 bits per heavy atom. The van der Waals surface area contributed by atoms with Crippen LogP contribution in [-0.2, 0) is 11.3 Å². The van der Waals surface area contributed by atoms with Crippen LogP contribution in [0.3, 0.4) is 0 Å². The van der Waals surface area contributed by atoms with Crippen LogP contribution in [0.4, 0.5) is 0 Å². The van der Waals surface area contributed by atoms with Gasteiger partial charge in [-0.1, -0.05) is 24.3 Å². The van der Waals surface area contributed by atoms with Gasteiger partial charge in [0.05, 0.1) is 6.04 Å². The molecule has 2 amide bonds. The number of aliphatic hydroxyl groups is 1. The van der Waals surface area contributed by atoms with Crippen LogP contribution < -0.4 is 10.9 Å². The molecule has 8 nitrogen and oxygen atoms in total. The van der Waals surface area contributed by atoms with E-state index in [1.807, 2.05) is 12.1 Å². The third-order valence-electron chi connectivity index (χ3n) is 7.40. The number of nitrogens with zero attached hydrogens (tertiary/aromatic N) is 3. The first-order valence-electron chi connectivity index (χ1n) is 11.8. The molecule has 8 heteroatoms. The van der Waals surface area contributed by atoms with E-state index in [-0.39, 0.29) is 29.9 Å². The lowest BCUT2D eigenvalue weighted by atomic mass is 9.88. The van der Waals surface area contributed by atoms with Crippen molar-refractivity contribution in [1.82, 2.24) is 19.7 Å². The molecular formula is C25H30N4O4. The zero-order chi connectivity index (χ0) is 22.9. The first-order valence-corrected chi connectivity index (χ1v) is 11.8. The number of benzene rings is 1. The number of nitrogens with one attached hydrogen (secondary N) is 1. The lowest BCUT2D eigenvalue weighted by Gasteiger charge is -2.31. The van der Waals surface area contributed by atoms with Crippen LogP contribution in [-0.4, -0.2) is 70.1 Å². The van der Waals surface area contributed by atoms with Crippen LogP contribution in [0, 0.1) is 11.8 Å². The number of rotatable bonds is 6. The normalized spacial score (nSPS) is 26.3. The van der Waals surface area contributed by atoms with Crippen LogP contribution >= 0.6 is 0 Å². The maximum absolute atomic E-state index is 13.7. The highest BCUT2D eigenvalue weighted by Crippen LogP contribution is 2.49. The molecule has 174 valence electrons. The molecule has 5 rings (SSSR count). The summed E-state index contributed by atoms with van der Waals surface area (Å²) in [5.74, 6) is -1.15. The van der Waals surface area contributed by atoms with E-state index in [0.29, 0.717) is 18.7 Å². The molecule has 1 aromatic heterocycles. The summed E-state index contributed by atoms with van der Waals surface area (Å²) in [6.45, 7) is 3.54. The molecule has 0 bridgehead atoms. The Hall–Kier alpha value is -2.97. The molecule has 33 heavy (non-hydrogen) atoms. The van der Waals surface area contributed by atoms with Crippen molar-refractivity contribution in [1.29, 1.82) is 0 Å². The summed E-state index contributed by atoms with van der Waals surface area (Å²) in [5, 5.41) is 13.4. The number of carbonyl (C=O) groups excluding carboxylic acids is 2. The van der Waals surface area contributed by atoms with E-state index in [1.165, 1.54) is 18.9 Å². The quantitative estimate of drug-likeness (QED) is 0.681. The Labute approximate surface area is 192 Å². The van der Waals surface area contributed by atoms with Gasteiger partial charge in [-0.05, 0) is 44.1 Å². The van der Waals surface area contributed by atoms with Crippen LogP contribution in [0.1, 0.15) is 34.9 Å². The van der Waals surface area contributed by atoms with E-state index in [0.717, 1.165) is 25.3 Å². The van der Waals surface area contributed by atoms with Crippen molar-refractivity contribution in [3.8, 4) is 0 Å². The van der Waals surface area contributed by atoms with Gasteiger partial charge in [-0.2, -0.15) is 0 Å². The lowest BCUT2D eigenvalue weighted by molar-refractivity contribution is -0.126. The zero-order valence-corrected chi connectivity index (χ0v) is 18.6. The second kappa shape index (κ2) is 9.11. The standard InChI is InChI=1S/C25H30N4O4/c30-16-19-18-15-28-20(9-6-10-21(28)31)22(18)29(25(33)17-7-2-1-3-8-17)23(19)24(32)26-11-14-27-12-4-5-13-27/h1-3,6-10,18-19,22-23,30H,4-5,11-16H2,(H,26,32)/t18-,19-,22+,23-/m0/s1. The van der Waals surface area contributed by atoms with E-state index in [4.69, 9.17) is 0 Å². The van der Waals surface area contributed by atoms with Gasteiger partial charge in [-0.25, -0.2) is 0 Å². The van der Waals surface area contributed by atoms with Gasteiger partial charge in [0.15, 0.2) is 0 Å². The number of hydrogen-bond acceptors (Lipinski definition) is 5. The molecule has 0 unspecified atom stereocenters. The number of pyridine rings is 1. The minimum absolute atomic E-state index is 0.127. The Kier molecular flexibility index (Phi) is 6.03. The Balaban J connectivity index is 1.47. The lowest BCUT2D eigenvalue weighted by Crippen LogP contribution is -2.51. The summed E-state index contributed by atoms with van der Waals surface area (Å²) in [6, 6.07) is 12.7. The van der Waals surface area contributed by atoms with Gasteiger partial charge in [0.2, 0.25) is 5.91 Å². The number of carbonyl (C=O) groups is 2. The molecule has 2 fully saturated rings. The fourth-order valence-electron chi connectivity index (χ4n) is 5.84. The highest BCUT2D eigenvalue weighted by molar-refractivity contribution is 5.98. The predicted octanol–water partition coefficient (Wildman–Crippen LogP) is 0.864. The summed E-state index contributed by atoms with van der Waals surface area (Å²) in [6.07, 6.45) is 2.37. The molecule has 0 spiro atoms. The van der Waals surface area contributed by atoms with Gasteiger partial charge in [0.1, 0.15) is 6.04 Å². The Morgan fingerprint density at radius 3 is 2.52 bits per heavy atom. The molecular weight excluding hydrogens is 420 g/mol. The van der Waals surface area contributed by atoms with Gasteiger partial charge in [0.25, 0.3) is 11.5 Å². The van der Waals surface area contributed by atoms with Crippen LogP contribution in [0.5, 0.6) is 0 Å². The average Bonchev–Trinajstić information content (AvgIpc) is 3.55. The number of hydrogen-bond donors (Lipinski definition) is 2. The van der Waals surface area contributed by atoms with Crippen molar-refractivity contribution in [2.24, 2.45) is 11.8 Å². The monoisotopic (exact) mass is 450 g/mol. The summed E-state index contributed by atoms with van der Waals surface area (Å²) >= 11 is 0. The van der Waals surface area contributed by atoms with Crippen molar-refractivity contribution < 1.29 is 14.7 Å². The summed E-state index contributed by atoms with van der Waals surface area (Å²) < 4.78 is 1.67. The molecule has 2 N–H and O–H groups in total. The number of fused-ring (bicyclic) bond motifs is 3. The van der Waals surface area contributed by atoms with Gasteiger partial charge in [0, 0.05) is 55.4 Å². The van der Waals surface area contributed by atoms with Crippen molar-refractivity contribution in [2.75, 3.05) is 32.8 Å². The first kappa shape index (κ1) is 21.9. The van der Waals surface area contributed by atoms with Crippen molar-refractivity contribution in [2.45, 2.75) is 31.5 Å². The molecule has 2 saturated heterocycles. The predicted molar refractivity (Wildman–Crippen MR) is 123 cm³/mol. The average molecular weight is 451 g/mol. The van der Waals surface area contributed by atoms with E-state index in [1.54, 1.807) is 39.8 Å². The van der Waals surface area contributed by atoms with Crippen molar-refractivity contribution in [3.63, 3.8) is 0 Å². The van der Waals surface area contributed by atoms with Gasteiger partial charge >= 0.3 is 0 Å². The SMILES string of the molecule is O=C(NCCN1CCCC1)[C@@H]1[C@@H](CO)[C@@H]2Cn3c(cccc3=O)[C@@H]2N1C(=O)c1ccccc1. The van der Waals surface area contributed by atoms with E-state index >= 15 is 0 Å². The Morgan fingerprint density at radius 2 is 1.79 bits per heavy atom. The molecule has 0 saturated carbocycles. The van der Waals surface area contributed by atoms with Crippen LogP contribution in [0.15, 0.2) is 53.3 Å². The molecule has 0 aliphatic carbocycles. The summed E-state index contributed by atoms with van der Waals surface area (Å²) in [5.41, 5.74) is 1.08. The maximum Gasteiger partial charge on any atom is 0.255 e. The minimum Gasteiger partial charge on any atom is -0.396 e. The van der Waals surface area contributed by atoms with Crippen molar-refractivity contribution in [3.05, 3.63) is 70.1 Å². The fourth-order valence-corrected chi connectivity index (χ4v) is 5.84. The van der Waals surface area contributed by atoms with Gasteiger partial charge in [-0.3, -0.25) is 14.4 Å². The zero-order valence-electron chi connectivity index (χ0n) is 18.6. The molecule has 4 atom stereocenters. The second-order valence-electron chi connectivity index (χ2n) is 9.22. The number of likely N-dealkylation sites (tertiary alicyclic amines) is 2. The molecule has 2 aromatic rings. The number of amides is 2. The van der Waals surface area contributed by atoms with Gasteiger partial charge < -0.3 is 24.8 Å². The smallest absolute Gasteiger partial charge is 0.255 e. The van der Waals surface area contributed by atoms with Crippen molar-refractivity contribution >= 4 is 11.8 Å². The Bertz CT molecular complexity index is 1080. The largest absolute Gasteiger partial charge is 0.396 e. The van der Waals surface area contributed by atoms with Crippen LogP contribution in [0.25, 0.3) is 0 Å². The number of aromatic nitrogens is 1. The third-order valence-corrected chi connectivity index (χ3v) is 7.40. The molecule has 0 radical (unpaired) electrons. The second-order valence-corrected chi connectivity index (χ2v) is 9.22. The van der Waals surface area contributed by atoms with E-state index in [9.17, 15) is 19.5 Å². The van der Waals surface area contributed by atoms with E-state index in [2.05, 4.69) is 10.2 Å². The molecule has 3 aliphatic rings. The molecule has 4 heterocycles. The fraction of sp³-hybridized carbons (Fsp3) is 0.480. The topological polar surface area (TPSA) is 94.9 Å². The number of aliphatic hydroxyl groups excluding tert-OH is 1. The highest BCUT2D eigenvalue weighted by atomic mass is 16.3. The van der Waals surface area contributed by atoms with E-state index < -0.39 is 18.0 Å². The summed E-state index contributed by atoms with van der Waals surface area (Å²) in [4.78, 5) is 43.6. The molecule has 1 aromatic carbocycles. The molecule has 3 aliphatic heterocycles. The maximum atomic E-state index is 13.7. The van der Waals surface area contributed by atoms with Crippen LogP contribution in [0.2, 0.25) is 0 Å². The highest BCUT2D eigenvalue weighted by Gasteiger charge is 2.57. The minimum atomic E-state index is -0.791.